The van der Waals surface area contributed by atoms with Crippen LogP contribution in [0.1, 0.15) is 18.9 Å². The van der Waals surface area contributed by atoms with Crippen LogP contribution in [0.2, 0.25) is 0 Å². The van der Waals surface area contributed by atoms with E-state index in [-0.39, 0.29) is 5.91 Å². The Labute approximate surface area is 206 Å². The molecule has 35 heavy (non-hydrogen) atoms. The fourth-order valence-corrected chi connectivity index (χ4v) is 4.58. The summed E-state index contributed by atoms with van der Waals surface area (Å²) in [5.74, 6) is 1.45. The second kappa shape index (κ2) is 10.8. The Morgan fingerprint density at radius 3 is 2.77 bits per heavy atom. The Kier molecular flexibility index (Phi) is 7.15. The maximum atomic E-state index is 12.4. The van der Waals surface area contributed by atoms with Crippen molar-refractivity contribution in [1.82, 2.24) is 30.1 Å². The van der Waals surface area contributed by atoms with E-state index >= 15 is 0 Å². The molecule has 8 bridgehead atoms. The zero-order valence-corrected chi connectivity index (χ0v) is 20.1. The maximum Gasteiger partial charge on any atom is 0.234 e. The summed E-state index contributed by atoms with van der Waals surface area (Å²) < 4.78 is 0. The van der Waals surface area contributed by atoms with E-state index in [2.05, 4.69) is 60.8 Å². The van der Waals surface area contributed by atoms with Gasteiger partial charge in [-0.3, -0.25) is 14.6 Å². The Morgan fingerprint density at radius 2 is 1.91 bits per heavy atom. The molecule has 3 unspecified atom stereocenters. The number of nitrogens with zero attached hydrogens (tertiary/aromatic N) is 5. The Bertz CT molecular complexity index is 1150. The monoisotopic (exact) mass is 472 g/mol. The molecule has 1 saturated heterocycles. The molecule has 8 rings (SSSR count). The third-order valence-electron chi connectivity index (χ3n) is 6.48. The molecule has 0 spiro atoms. The van der Waals surface area contributed by atoms with Crippen molar-refractivity contribution in [2.24, 2.45) is 0 Å². The van der Waals surface area contributed by atoms with Gasteiger partial charge in [-0.2, -0.15) is 0 Å². The molecule has 1 amide bonds. The van der Waals surface area contributed by atoms with Gasteiger partial charge in [0.05, 0.1) is 12.2 Å². The van der Waals surface area contributed by atoms with Gasteiger partial charge in [-0.1, -0.05) is 12.1 Å². The number of piperazine rings is 1. The molecule has 5 aliphatic heterocycles. The first-order chi connectivity index (χ1) is 17.1. The van der Waals surface area contributed by atoms with Gasteiger partial charge in [0.15, 0.2) is 0 Å². The molecule has 9 nitrogen and oxygen atoms in total. The quantitative estimate of drug-likeness (QED) is 0.460. The molecule has 182 valence electrons. The van der Waals surface area contributed by atoms with Crippen LogP contribution in [0.15, 0.2) is 54.9 Å². The van der Waals surface area contributed by atoms with Crippen LogP contribution in [0.3, 0.4) is 0 Å². The minimum absolute atomic E-state index is 0.0909. The van der Waals surface area contributed by atoms with Crippen molar-refractivity contribution in [3.05, 3.63) is 60.4 Å². The van der Waals surface area contributed by atoms with Crippen LogP contribution in [-0.2, 0) is 11.3 Å². The van der Waals surface area contributed by atoms with Gasteiger partial charge < -0.3 is 16.0 Å². The summed E-state index contributed by atoms with van der Waals surface area (Å²) >= 11 is 0. The number of nitrogens with one attached hydrogen (secondary N) is 3. The van der Waals surface area contributed by atoms with E-state index in [1.165, 1.54) is 5.56 Å². The third kappa shape index (κ3) is 6.12. The number of aromatic nitrogens is 3. The molecule has 0 radical (unpaired) electrons. The summed E-state index contributed by atoms with van der Waals surface area (Å²) in [6.45, 7) is 7.64. The van der Waals surface area contributed by atoms with Gasteiger partial charge in [0.25, 0.3) is 0 Å². The van der Waals surface area contributed by atoms with Crippen molar-refractivity contribution in [2.75, 3.05) is 49.9 Å². The highest BCUT2D eigenvalue weighted by Crippen LogP contribution is 2.22. The summed E-state index contributed by atoms with van der Waals surface area (Å²) in [6, 6.07) is 14.6. The molecule has 5 aliphatic rings. The largest absolute Gasteiger partial charge is 0.370 e. The predicted molar refractivity (Wildman–Crippen MR) is 137 cm³/mol. The van der Waals surface area contributed by atoms with E-state index in [1.54, 1.807) is 6.20 Å². The summed E-state index contributed by atoms with van der Waals surface area (Å²) in [5.41, 5.74) is 3.92. The SMILES string of the molecule is CC1CN2CCN1Cc1cccc(c1)Nc1nccc(n1)-c1ccc(nc1)NCCCNC(=O)C2. The minimum atomic E-state index is 0.0909. The number of amides is 1. The van der Waals surface area contributed by atoms with Crippen LogP contribution in [0.4, 0.5) is 17.5 Å². The van der Waals surface area contributed by atoms with Gasteiger partial charge in [0.2, 0.25) is 11.9 Å². The van der Waals surface area contributed by atoms with Crippen LogP contribution in [0.5, 0.6) is 0 Å². The standard InChI is InChI=1S/C26H32N8O/c1-19-16-33-12-13-34(19)17-20-4-2-5-22(14-20)31-26-29-11-8-23(32-26)21-6-7-24(30-15-21)27-9-3-10-28-25(35)18-33/h2,4-8,11,14-15,19H,3,9-10,12-13,16-18H2,1H3,(H,27,30)(H,28,35)(H,29,31,32). The number of rotatable bonds is 0. The van der Waals surface area contributed by atoms with Crippen molar-refractivity contribution in [3.8, 4) is 11.3 Å². The molecule has 2 aromatic heterocycles. The number of pyridine rings is 1. The van der Waals surface area contributed by atoms with Crippen LogP contribution >= 0.6 is 0 Å². The molecule has 1 aromatic carbocycles. The average molecular weight is 473 g/mol. The summed E-state index contributed by atoms with van der Waals surface area (Å²) in [4.78, 5) is 30.8. The summed E-state index contributed by atoms with van der Waals surface area (Å²) in [6.07, 6.45) is 4.41. The first kappa shape index (κ1) is 23.2. The van der Waals surface area contributed by atoms with E-state index in [0.29, 0.717) is 25.1 Å². The van der Waals surface area contributed by atoms with Crippen molar-refractivity contribution in [1.29, 1.82) is 0 Å². The minimum Gasteiger partial charge on any atom is -0.370 e. The molecule has 7 heterocycles. The lowest BCUT2D eigenvalue weighted by Crippen LogP contribution is -2.53. The molecular formula is C26H32N8O. The van der Waals surface area contributed by atoms with Crippen LogP contribution in [-0.4, -0.2) is 76.0 Å². The molecule has 0 aliphatic carbocycles. The first-order valence-corrected chi connectivity index (χ1v) is 12.2. The van der Waals surface area contributed by atoms with E-state index in [9.17, 15) is 4.79 Å². The second-order valence-corrected chi connectivity index (χ2v) is 9.21. The van der Waals surface area contributed by atoms with E-state index in [1.807, 2.05) is 30.5 Å². The van der Waals surface area contributed by atoms with Gasteiger partial charge >= 0.3 is 0 Å². The topological polar surface area (TPSA) is 98.3 Å². The van der Waals surface area contributed by atoms with Crippen molar-refractivity contribution in [2.45, 2.75) is 25.9 Å². The molecule has 9 heteroatoms. The predicted octanol–water partition coefficient (Wildman–Crippen LogP) is 2.72. The van der Waals surface area contributed by atoms with Crippen molar-refractivity contribution in [3.63, 3.8) is 0 Å². The molecule has 3 atom stereocenters. The fourth-order valence-electron chi connectivity index (χ4n) is 4.58. The highest BCUT2D eigenvalue weighted by atomic mass is 16.2. The number of hydrogen-bond donors (Lipinski definition) is 3. The van der Waals surface area contributed by atoms with Gasteiger partial charge in [0, 0.05) is 69.0 Å². The number of benzene rings is 1. The van der Waals surface area contributed by atoms with Crippen molar-refractivity contribution < 1.29 is 4.79 Å². The van der Waals surface area contributed by atoms with Gasteiger partial charge in [-0.15, -0.1) is 0 Å². The van der Waals surface area contributed by atoms with Crippen LogP contribution < -0.4 is 16.0 Å². The van der Waals surface area contributed by atoms with Crippen LogP contribution in [0, 0.1) is 0 Å². The van der Waals surface area contributed by atoms with E-state index < -0.39 is 0 Å². The lowest BCUT2D eigenvalue weighted by molar-refractivity contribution is -0.122. The smallest absolute Gasteiger partial charge is 0.234 e. The number of hydrogen-bond acceptors (Lipinski definition) is 8. The van der Waals surface area contributed by atoms with Crippen LogP contribution in [0.25, 0.3) is 11.3 Å². The van der Waals surface area contributed by atoms with E-state index in [0.717, 1.165) is 61.9 Å². The number of carbonyl (C=O) groups is 1. The van der Waals surface area contributed by atoms with Gasteiger partial charge in [-0.25, -0.2) is 15.0 Å². The average Bonchev–Trinajstić information content (AvgIpc) is 2.86. The number of anilines is 3. The lowest BCUT2D eigenvalue weighted by atomic mass is 10.1. The molecule has 3 N–H and O–H groups in total. The Hall–Kier alpha value is -3.56. The zero-order valence-electron chi connectivity index (χ0n) is 20.1. The zero-order chi connectivity index (χ0) is 24.0. The fraction of sp³-hybridized carbons (Fsp3) is 0.385. The molecule has 1 fully saturated rings. The first-order valence-electron chi connectivity index (χ1n) is 12.2. The third-order valence-corrected chi connectivity index (χ3v) is 6.48. The Morgan fingerprint density at radius 1 is 1.00 bits per heavy atom. The summed E-state index contributed by atoms with van der Waals surface area (Å²) in [7, 11) is 0. The highest BCUT2D eigenvalue weighted by Gasteiger charge is 2.25. The van der Waals surface area contributed by atoms with Crippen molar-refractivity contribution >= 4 is 23.4 Å². The maximum absolute atomic E-state index is 12.4. The molecular weight excluding hydrogens is 440 g/mol. The molecule has 0 saturated carbocycles. The highest BCUT2D eigenvalue weighted by molar-refractivity contribution is 5.78. The van der Waals surface area contributed by atoms with Gasteiger partial charge in [0.1, 0.15) is 5.82 Å². The number of carbonyl (C=O) groups excluding carboxylic acids is 1. The Balaban J connectivity index is 1.37. The lowest BCUT2D eigenvalue weighted by Gasteiger charge is -2.39. The second-order valence-electron chi connectivity index (χ2n) is 9.21. The molecule has 3 aromatic rings. The normalized spacial score (nSPS) is 23.1. The van der Waals surface area contributed by atoms with E-state index in [4.69, 9.17) is 4.98 Å². The van der Waals surface area contributed by atoms with Gasteiger partial charge in [-0.05, 0) is 49.2 Å². The summed E-state index contributed by atoms with van der Waals surface area (Å²) in [5, 5.41) is 9.72.